The standard InChI is InChI=1S/C13H13N.C9H7ClO3/c14-13-9-5-4-8-12(13)10-11-6-2-1-3-7-11;1-13-9(12)7-4-2-6(3-5-7)8(10)11/h1-9H,10,14H2;2-5H,1H3. The Kier molecular flexibility index (Phi) is 7.59. The lowest BCUT2D eigenvalue weighted by Gasteiger charge is -2.04. The summed E-state index contributed by atoms with van der Waals surface area (Å²) in [4.78, 5) is 21.6. The third-order valence-electron chi connectivity index (χ3n) is 3.83. The van der Waals surface area contributed by atoms with Gasteiger partial charge in [-0.3, -0.25) is 4.79 Å². The molecule has 0 radical (unpaired) electrons. The van der Waals surface area contributed by atoms with Crippen molar-refractivity contribution in [1.82, 2.24) is 0 Å². The van der Waals surface area contributed by atoms with Crippen LogP contribution in [0.25, 0.3) is 0 Å². The first kappa shape index (κ1) is 20.2. The molecule has 0 aliphatic rings. The van der Waals surface area contributed by atoms with Crippen molar-refractivity contribution in [3.05, 3.63) is 101 Å². The van der Waals surface area contributed by atoms with Crippen molar-refractivity contribution in [2.75, 3.05) is 12.8 Å². The number of halogens is 1. The third-order valence-corrected chi connectivity index (χ3v) is 4.04. The maximum atomic E-state index is 11.0. The van der Waals surface area contributed by atoms with E-state index in [1.807, 2.05) is 24.3 Å². The van der Waals surface area contributed by atoms with Crippen LogP contribution in [0, 0.1) is 0 Å². The summed E-state index contributed by atoms with van der Waals surface area (Å²) in [5.74, 6) is -0.437. The van der Waals surface area contributed by atoms with Gasteiger partial charge in [0.2, 0.25) is 0 Å². The van der Waals surface area contributed by atoms with E-state index in [0.717, 1.165) is 12.1 Å². The fourth-order valence-corrected chi connectivity index (χ4v) is 2.49. The smallest absolute Gasteiger partial charge is 0.337 e. The van der Waals surface area contributed by atoms with Crippen molar-refractivity contribution < 1.29 is 14.3 Å². The van der Waals surface area contributed by atoms with E-state index in [2.05, 4.69) is 35.1 Å². The molecule has 0 bridgehead atoms. The van der Waals surface area contributed by atoms with Crippen molar-refractivity contribution >= 4 is 28.5 Å². The van der Waals surface area contributed by atoms with Gasteiger partial charge in [0.15, 0.2) is 0 Å². The molecule has 138 valence electrons. The first-order chi connectivity index (χ1) is 13.0. The number of hydrogen-bond donors (Lipinski definition) is 1. The maximum Gasteiger partial charge on any atom is 0.337 e. The summed E-state index contributed by atoms with van der Waals surface area (Å²) in [6.45, 7) is 0. The monoisotopic (exact) mass is 381 g/mol. The summed E-state index contributed by atoms with van der Waals surface area (Å²) < 4.78 is 4.48. The number of carbonyl (C=O) groups is 2. The van der Waals surface area contributed by atoms with Crippen LogP contribution >= 0.6 is 11.6 Å². The van der Waals surface area contributed by atoms with Crippen LogP contribution in [-0.2, 0) is 11.2 Å². The molecule has 0 aliphatic heterocycles. The number of ether oxygens (including phenoxy) is 1. The minimum absolute atomic E-state index is 0.356. The molecule has 0 fully saturated rings. The van der Waals surface area contributed by atoms with Crippen LogP contribution < -0.4 is 5.73 Å². The molecule has 0 heterocycles. The average Bonchev–Trinajstić information content (AvgIpc) is 2.70. The summed E-state index contributed by atoms with van der Waals surface area (Å²) in [5.41, 5.74) is 9.98. The average molecular weight is 382 g/mol. The van der Waals surface area contributed by atoms with Crippen LogP contribution in [0.1, 0.15) is 31.8 Å². The Balaban J connectivity index is 0.000000194. The molecule has 0 aromatic heterocycles. The number of benzene rings is 3. The highest BCUT2D eigenvalue weighted by Gasteiger charge is 2.06. The number of para-hydroxylation sites is 1. The van der Waals surface area contributed by atoms with Crippen molar-refractivity contribution in [1.29, 1.82) is 0 Å². The highest BCUT2D eigenvalue weighted by atomic mass is 35.5. The summed E-state index contributed by atoms with van der Waals surface area (Å²) in [7, 11) is 1.29. The van der Waals surface area contributed by atoms with Gasteiger partial charge in [0, 0.05) is 11.3 Å². The van der Waals surface area contributed by atoms with Crippen molar-refractivity contribution in [3.63, 3.8) is 0 Å². The number of rotatable bonds is 4. The van der Waals surface area contributed by atoms with Crippen LogP contribution in [0.4, 0.5) is 5.69 Å². The van der Waals surface area contributed by atoms with Gasteiger partial charge < -0.3 is 10.5 Å². The van der Waals surface area contributed by atoms with Crippen LogP contribution in [0.5, 0.6) is 0 Å². The minimum atomic E-state index is -0.545. The molecule has 2 N–H and O–H groups in total. The number of carbonyl (C=O) groups excluding carboxylic acids is 2. The zero-order chi connectivity index (χ0) is 19.6. The SMILES string of the molecule is COC(=O)c1ccc(C(=O)Cl)cc1.Nc1ccccc1Cc1ccccc1. The molecule has 4 nitrogen and oxygen atoms in total. The molecule has 0 amide bonds. The van der Waals surface area contributed by atoms with Gasteiger partial charge in [-0.2, -0.15) is 0 Å². The first-order valence-electron chi connectivity index (χ1n) is 8.26. The van der Waals surface area contributed by atoms with Crippen LogP contribution in [0.3, 0.4) is 0 Å². The van der Waals surface area contributed by atoms with E-state index >= 15 is 0 Å². The number of nitrogens with two attached hydrogens (primary N) is 1. The van der Waals surface area contributed by atoms with E-state index in [9.17, 15) is 9.59 Å². The molecule has 0 aliphatic carbocycles. The lowest BCUT2D eigenvalue weighted by molar-refractivity contribution is 0.0600. The number of anilines is 1. The second-order valence-electron chi connectivity index (χ2n) is 5.70. The molecular weight excluding hydrogens is 362 g/mol. The lowest BCUT2D eigenvalue weighted by Crippen LogP contribution is -2.01. The second kappa shape index (κ2) is 10.1. The van der Waals surface area contributed by atoms with E-state index < -0.39 is 11.2 Å². The van der Waals surface area contributed by atoms with E-state index in [1.165, 1.54) is 42.5 Å². The van der Waals surface area contributed by atoms with Gasteiger partial charge in [0.05, 0.1) is 12.7 Å². The largest absolute Gasteiger partial charge is 0.465 e. The van der Waals surface area contributed by atoms with Crippen LogP contribution in [-0.4, -0.2) is 18.3 Å². The van der Waals surface area contributed by atoms with E-state index in [-0.39, 0.29) is 0 Å². The molecule has 0 saturated heterocycles. The fourth-order valence-electron chi connectivity index (χ4n) is 2.37. The Morgan fingerprint density at radius 3 is 1.96 bits per heavy atom. The molecular formula is C22H20ClNO3. The Bertz CT molecular complexity index is 893. The lowest BCUT2D eigenvalue weighted by atomic mass is 10.0. The highest BCUT2D eigenvalue weighted by Crippen LogP contribution is 2.15. The van der Waals surface area contributed by atoms with Gasteiger partial charge in [-0.25, -0.2) is 4.79 Å². The van der Waals surface area contributed by atoms with Gasteiger partial charge in [0.25, 0.3) is 5.24 Å². The summed E-state index contributed by atoms with van der Waals surface area (Å²) in [6, 6.07) is 24.3. The van der Waals surface area contributed by atoms with Gasteiger partial charge >= 0.3 is 5.97 Å². The third kappa shape index (κ3) is 6.28. The van der Waals surface area contributed by atoms with Gasteiger partial charge in [-0.15, -0.1) is 0 Å². The summed E-state index contributed by atoms with van der Waals surface area (Å²) >= 11 is 5.21. The number of esters is 1. The summed E-state index contributed by atoms with van der Waals surface area (Å²) in [5, 5.41) is -0.545. The Labute approximate surface area is 163 Å². The fraction of sp³-hybridized carbons (Fsp3) is 0.0909. The predicted molar refractivity (Wildman–Crippen MR) is 108 cm³/mol. The quantitative estimate of drug-likeness (QED) is 0.403. The molecule has 27 heavy (non-hydrogen) atoms. The normalized spacial score (nSPS) is 9.70. The van der Waals surface area contributed by atoms with Gasteiger partial charge in [-0.05, 0) is 59.5 Å². The van der Waals surface area contributed by atoms with Crippen molar-refractivity contribution in [3.8, 4) is 0 Å². The first-order valence-corrected chi connectivity index (χ1v) is 8.64. The van der Waals surface area contributed by atoms with Gasteiger partial charge in [-0.1, -0.05) is 48.5 Å². The van der Waals surface area contributed by atoms with E-state index in [1.54, 1.807) is 0 Å². The zero-order valence-electron chi connectivity index (χ0n) is 14.9. The topological polar surface area (TPSA) is 69.4 Å². The molecule has 0 atom stereocenters. The van der Waals surface area contributed by atoms with Crippen molar-refractivity contribution in [2.45, 2.75) is 6.42 Å². The highest BCUT2D eigenvalue weighted by molar-refractivity contribution is 6.67. The van der Waals surface area contributed by atoms with Gasteiger partial charge in [0.1, 0.15) is 0 Å². The Hall–Kier alpha value is -3.11. The zero-order valence-corrected chi connectivity index (χ0v) is 15.6. The Morgan fingerprint density at radius 2 is 1.41 bits per heavy atom. The molecule has 5 heteroatoms. The summed E-state index contributed by atoms with van der Waals surface area (Å²) in [6.07, 6.45) is 0.910. The van der Waals surface area contributed by atoms with Crippen LogP contribution in [0.15, 0.2) is 78.9 Å². The molecule has 0 spiro atoms. The molecule has 0 saturated carbocycles. The van der Waals surface area contributed by atoms with Crippen LogP contribution in [0.2, 0.25) is 0 Å². The maximum absolute atomic E-state index is 11.0. The van der Waals surface area contributed by atoms with E-state index in [0.29, 0.717) is 11.1 Å². The van der Waals surface area contributed by atoms with E-state index in [4.69, 9.17) is 17.3 Å². The predicted octanol–water partition coefficient (Wildman–Crippen LogP) is 4.71. The number of nitrogen functional groups attached to an aromatic ring is 1. The molecule has 3 rings (SSSR count). The number of hydrogen-bond acceptors (Lipinski definition) is 4. The van der Waals surface area contributed by atoms with Crippen molar-refractivity contribution in [2.24, 2.45) is 0 Å². The Morgan fingerprint density at radius 1 is 0.852 bits per heavy atom. The molecule has 3 aromatic carbocycles. The number of methoxy groups -OCH3 is 1. The minimum Gasteiger partial charge on any atom is -0.465 e. The second-order valence-corrected chi connectivity index (χ2v) is 6.05. The molecule has 0 unspecified atom stereocenters. The molecule has 3 aromatic rings.